The summed E-state index contributed by atoms with van der Waals surface area (Å²) in [5, 5.41) is 57.8. The van der Waals surface area contributed by atoms with Gasteiger partial charge in [-0.15, -0.1) is 5.10 Å². The molecule has 11 N–H and O–H groups in total. The van der Waals surface area contributed by atoms with E-state index in [1.807, 2.05) is 66.7 Å². The maximum absolute atomic E-state index is 13.1. The van der Waals surface area contributed by atoms with Crippen molar-refractivity contribution in [2.75, 3.05) is 21.3 Å². The van der Waals surface area contributed by atoms with Crippen LogP contribution in [0.25, 0.3) is 5.69 Å². The van der Waals surface area contributed by atoms with E-state index in [9.17, 15) is 68.2 Å². The Morgan fingerprint density at radius 2 is 0.628 bits per heavy atom. The molecule has 8 amide bonds. The van der Waals surface area contributed by atoms with Crippen molar-refractivity contribution >= 4 is 87.0 Å². The van der Waals surface area contributed by atoms with Crippen molar-refractivity contribution in [3.8, 4) is 5.69 Å². The second-order valence-electron chi connectivity index (χ2n) is 35.7. The van der Waals surface area contributed by atoms with Gasteiger partial charge in [-0.05, 0) is 308 Å². The third-order valence-corrected chi connectivity index (χ3v) is 29.6. The van der Waals surface area contributed by atoms with E-state index in [1.165, 1.54) is 102 Å². The lowest BCUT2D eigenvalue weighted by Gasteiger charge is -2.18. The molecule has 129 heavy (non-hydrogen) atoms. The zero-order chi connectivity index (χ0) is 91.3. The fourth-order valence-corrected chi connectivity index (χ4v) is 22.5. The molecular weight excluding hydrogens is 1720 g/mol. The fourth-order valence-electron chi connectivity index (χ4n) is 19.1. The molecular formula is C93H107N17O15S4. The maximum Gasteiger partial charge on any atom is 0.333 e. The van der Waals surface area contributed by atoms with Gasteiger partial charge in [0.25, 0.3) is 35.2 Å². The van der Waals surface area contributed by atoms with Gasteiger partial charge in [0, 0.05) is 48.0 Å². The number of carbonyl (C=O) groups is 4. The van der Waals surface area contributed by atoms with Crippen LogP contribution in [0.5, 0.6) is 0 Å². The minimum Gasteiger partial charge on any atom is -0.384 e. The smallest absolute Gasteiger partial charge is 0.333 e. The summed E-state index contributed by atoms with van der Waals surface area (Å²) in [6, 6.07) is 37.6. The Hall–Kier alpha value is -11.9. The minimum absolute atomic E-state index is 0.282. The molecule has 0 bridgehead atoms. The molecule has 4 aromatic heterocycles. The number of carbonyl (C=O) groups excluding carboxylic acids is 4. The van der Waals surface area contributed by atoms with Crippen molar-refractivity contribution in [2.24, 2.45) is 7.05 Å². The van der Waals surface area contributed by atoms with E-state index in [0.717, 1.165) is 232 Å². The van der Waals surface area contributed by atoms with E-state index in [-0.39, 0.29) is 27.3 Å². The molecule has 8 aliphatic carbocycles. The second kappa shape index (κ2) is 36.2. The number of nitrogens with zero attached hydrogens (tertiary/aromatic N) is 9. The molecule has 11 aromatic rings. The van der Waals surface area contributed by atoms with Crippen LogP contribution in [0.4, 0.5) is 41.9 Å². The van der Waals surface area contributed by atoms with Crippen LogP contribution in [-0.4, -0.2) is 117 Å². The minimum atomic E-state index is -4.28. The molecule has 0 atom stereocenters. The highest BCUT2D eigenvalue weighted by Crippen LogP contribution is 2.44. The number of nitrogens with one attached hydrogen (secondary N) is 8. The van der Waals surface area contributed by atoms with Crippen LogP contribution < -0.4 is 40.2 Å². The Balaban J connectivity index is 0.000000126. The van der Waals surface area contributed by atoms with Crippen LogP contribution in [0, 0.1) is 0 Å². The fraction of sp³-hybridized carbons (Fsp3) is 0.387. The standard InChI is InChI=1S/C26H30N4O4S.C25H28N4O4S.C22H23N5O3S.C20H26N4O4S/c1-26(2,32)22-15-23(28-30(22)16-17-8-4-3-5-9-17)35(33,34)29-25(31)27-24-20-12-6-10-18(20)14-19-11-7-13-21(19)24;1-25(2,31)21-15-22(27-29(21)18-10-4-3-5-11-18)34(32,33)28-24(30)26-23-19-12-6-8-16(19)14-17-9-7-13-20(17)23;28-21(24-20-18-10-4-8-16(18)12-17-9-5-11-19(17)20)26-31(29,30)22-23-14-27(25-22)13-15-6-2-1-3-7-15;1-20(2,26)16-11-17(22-24(16)3)29(27,28)23-19(25)21-18-14-8-4-6-12(14)10-13-7-5-9-15(13)18/h3-5,8-9,14-15,32H,6-7,10-13,16H2,1-2H3,(H2,27,29,31);3-5,10-11,14-15,31H,6-9,12-13H2,1-2H3,(H2,26,28,30);1-3,6-7,12,14H,4-5,8-11,13H2,(H2,24,26,28);10-11,26H,4-9H2,1-3H3,(H2,21,23,25). The Morgan fingerprint density at radius 1 is 0.341 bits per heavy atom. The highest BCUT2D eigenvalue weighted by molar-refractivity contribution is 7.90. The molecule has 36 heteroatoms. The van der Waals surface area contributed by atoms with Gasteiger partial charge in [-0.1, -0.05) is 103 Å². The van der Waals surface area contributed by atoms with Crippen LogP contribution in [-0.2, 0) is 180 Å². The number of rotatable bonds is 20. The number of aliphatic hydroxyl groups is 3. The number of benzene rings is 7. The summed E-state index contributed by atoms with van der Waals surface area (Å²) in [5.41, 5.74) is 21.6. The molecule has 678 valence electrons. The Bertz CT molecular complexity index is 6580. The number of hydrogen-bond acceptors (Lipinski definition) is 20. The molecule has 4 heterocycles. The summed E-state index contributed by atoms with van der Waals surface area (Å²) in [6.07, 6.45) is 24.7. The van der Waals surface area contributed by atoms with E-state index in [4.69, 9.17) is 0 Å². The number of urea groups is 4. The Labute approximate surface area is 750 Å². The van der Waals surface area contributed by atoms with Gasteiger partial charge >= 0.3 is 34.1 Å². The molecule has 0 radical (unpaired) electrons. The van der Waals surface area contributed by atoms with Crippen molar-refractivity contribution < 1.29 is 68.2 Å². The van der Waals surface area contributed by atoms with Gasteiger partial charge < -0.3 is 36.6 Å². The number of anilines is 4. The van der Waals surface area contributed by atoms with Gasteiger partial charge in [-0.2, -0.15) is 49.0 Å². The van der Waals surface area contributed by atoms with E-state index in [0.29, 0.717) is 23.6 Å². The zero-order valence-corrected chi connectivity index (χ0v) is 76.3. The van der Waals surface area contributed by atoms with Crippen LogP contribution >= 0.6 is 0 Å². The number of aromatic nitrogens is 9. The lowest BCUT2D eigenvalue weighted by molar-refractivity contribution is 0.0685. The summed E-state index contributed by atoms with van der Waals surface area (Å²) in [5.74, 6) is 0. The van der Waals surface area contributed by atoms with E-state index >= 15 is 0 Å². The summed E-state index contributed by atoms with van der Waals surface area (Å²) in [6.45, 7) is 9.99. The van der Waals surface area contributed by atoms with Gasteiger partial charge in [-0.3, -0.25) is 9.36 Å². The highest BCUT2D eigenvalue weighted by atomic mass is 32.2. The van der Waals surface area contributed by atoms with Crippen LogP contribution in [0.2, 0.25) is 0 Å². The molecule has 8 aliphatic rings. The number of para-hydroxylation sites is 1. The van der Waals surface area contributed by atoms with E-state index in [1.54, 1.807) is 59.0 Å². The number of fused-ring (bicyclic) bond motifs is 8. The van der Waals surface area contributed by atoms with Gasteiger partial charge in [0.15, 0.2) is 15.1 Å². The van der Waals surface area contributed by atoms with Crippen molar-refractivity contribution in [3.05, 3.63) is 257 Å². The first kappa shape index (κ1) is 90.4. The lowest BCUT2D eigenvalue weighted by atomic mass is 9.99. The van der Waals surface area contributed by atoms with Gasteiger partial charge in [0.05, 0.1) is 35.9 Å². The topological polar surface area (TPSA) is 446 Å². The largest absolute Gasteiger partial charge is 0.384 e. The molecule has 0 unspecified atom stereocenters. The first-order valence-electron chi connectivity index (χ1n) is 43.7. The number of sulfonamides is 4. The molecule has 0 saturated carbocycles. The summed E-state index contributed by atoms with van der Waals surface area (Å²) < 4.78 is 117. The molecule has 0 saturated heterocycles. The summed E-state index contributed by atoms with van der Waals surface area (Å²) >= 11 is 0. The molecule has 0 spiro atoms. The van der Waals surface area contributed by atoms with E-state index < -0.39 is 86.2 Å². The number of aryl methyl sites for hydroxylation is 9. The predicted molar refractivity (Wildman–Crippen MR) is 485 cm³/mol. The normalized spacial score (nSPS) is 15.2. The highest BCUT2D eigenvalue weighted by Gasteiger charge is 2.37. The lowest BCUT2D eigenvalue weighted by Crippen LogP contribution is -2.35. The average Bonchev–Trinajstić information content (AvgIpc) is 1.61. The molecule has 0 fully saturated rings. The third-order valence-electron chi connectivity index (χ3n) is 24.9. The number of amides is 8. The maximum atomic E-state index is 13.1. The third kappa shape index (κ3) is 20.0. The molecule has 7 aromatic carbocycles. The zero-order valence-electron chi connectivity index (χ0n) is 73.1. The molecule has 19 rings (SSSR count). The van der Waals surface area contributed by atoms with E-state index in [2.05, 4.69) is 89.8 Å². The van der Waals surface area contributed by atoms with Crippen molar-refractivity contribution in [3.63, 3.8) is 0 Å². The molecule has 32 nitrogen and oxygen atoms in total. The van der Waals surface area contributed by atoms with Crippen molar-refractivity contribution in [1.82, 2.24) is 63.0 Å². The van der Waals surface area contributed by atoms with Gasteiger partial charge in [0.2, 0.25) is 0 Å². The average molecular weight is 1830 g/mol. The van der Waals surface area contributed by atoms with Gasteiger partial charge in [-0.25, -0.2) is 52.4 Å². The van der Waals surface area contributed by atoms with Gasteiger partial charge in [0.1, 0.15) is 23.1 Å². The summed E-state index contributed by atoms with van der Waals surface area (Å²) in [4.78, 5) is 54.9. The van der Waals surface area contributed by atoms with Crippen molar-refractivity contribution in [1.29, 1.82) is 0 Å². The first-order chi connectivity index (χ1) is 61.3. The molecule has 0 aliphatic heterocycles. The second-order valence-corrected chi connectivity index (χ2v) is 42.1. The SMILES string of the molecule is CC(C)(O)c1cc(S(=O)(=O)NC(=O)Nc2c3c(cc4c2CCC4)CCC3)nn1-c1ccccc1.CC(C)(O)c1cc(S(=O)(=O)NC(=O)Nc2c3c(cc4c2CCC4)CCC3)nn1Cc1ccccc1.Cn1nc(S(=O)(=O)NC(=O)Nc2c3c(cc4c2CCC4)CCC3)cc1C(C)(C)O.O=C(Nc1c2c(cc3c1CCC3)CCC2)NS(=O)(=O)c1ncn(Cc2ccccc2)n1. The van der Waals surface area contributed by atoms with Crippen LogP contribution in [0.3, 0.4) is 0 Å². The van der Waals surface area contributed by atoms with Crippen LogP contribution in [0.1, 0.15) is 210 Å². The van der Waals surface area contributed by atoms with Crippen LogP contribution in [0.15, 0.2) is 160 Å². The Morgan fingerprint density at radius 3 is 0.953 bits per heavy atom. The quantitative estimate of drug-likeness (QED) is 0.0337. The monoisotopic (exact) mass is 1830 g/mol. The first-order valence-corrected chi connectivity index (χ1v) is 49.7. The summed E-state index contributed by atoms with van der Waals surface area (Å²) in [7, 11) is -15.4. The van der Waals surface area contributed by atoms with Crippen molar-refractivity contribution in [2.45, 2.75) is 246 Å². The number of hydrogen-bond donors (Lipinski definition) is 11. The Kier molecular flexibility index (Phi) is 25.4. The predicted octanol–water partition coefficient (Wildman–Crippen LogP) is 12.2.